The van der Waals surface area contributed by atoms with E-state index in [4.69, 9.17) is 40.5 Å². The molecule has 2 aromatic carbocycles. The summed E-state index contributed by atoms with van der Waals surface area (Å²) in [6.07, 6.45) is 7.34. The summed E-state index contributed by atoms with van der Waals surface area (Å²) in [4.78, 5) is 29.5. The minimum absolute atomic E-state index is 0.00742. The number of halogens is 2. The van der Waals surface area contributed by atoms with Gasteiger partial charge in [-0.15, -0.1) is 0 Å². The summed E-state index contributed by atoms with van der Waals surface area (Å²) in [5.74, 6) is 6.13. The first-order valence-electron chi connectivity index (χ1n) is 13.0. The molecule has 3 aromatic rings. The third-order valence-corrected chi connectivity index (χ3v) is 6.73. The Morgan fingerprint density at radius 2 is 1.98 bits per heavy atom. The van der Waals surface area contributed by atoms with Gasteiger partial charge in [0.15, 0.2) is 0 Å². The first-order valence-corrected chi connectivity index (χ1v) is 13.7. The van der Waals surface area contributed by atoms with Gasteiger partial charge in [0.2, 0.25) is 0 Å². The second kappa shape index (κ2) is 15.4. The van der Waals surface area contributed by atoms with E-state index in [1.807, 2.05) is 31.3 Å². The molecule has 0 aliphatic carbocycles. The quantitative estimate of drug-likeness (QED) is 0.0590. The van der Waals surface area contributed by atoms with Gasteiger partial charge in [-0.1, -0.05) is 48.2 Å². The van der Waals surface area contributed by atoms with E-state index in [0.717, 1.165) is 49.8 Å². The fraction of sp³-hybridized carbons (Fsp3) is 0.321. The maximum absolute atomic E-state index is 13.6. The van der Waals surface area contributed by atoms with Gasteiger partial charge >= 0.3 is 0 Å². The molecule has 2 unspecified atom stereocenters. The Balaban J connectivity index is 2.01. The summed E-state index contributed by atoms with van der Waals surface area (Å²) >= 11 is 12.1. The number of anilines is 2. The molecular formula is C28H36Cl2N8O2. The number of unbranched alkanes of at least 4 members (excludes halogenated alkanes) is 2. The predicted molar refractivity (Wildman–Crippen MR) is 163 cm³/mol. The lowest BCUT2D eigenvalue weighted by atomic mass is 9.99. The van der Waals surface area contributed by atoms with Gasteiger partial charge in [0.25, 0.3) is 5.56 Å². The lowest BCUT2D eigenvalue weighted by Gasteiger charge is -2.22. The van der Waals surface area contributed by atoms with Crippen LogP contribution in [0, 0.1) is 0 Å². The minimum Gasteiger partial charge on any atom is -0.388 e. The Morgan fingerprint density at radius 3 is 2.65 bits per heavy atom. The number of nitrogens with one attached hydrogen (secondary N) is 2. The van der Waals surface area contributed by atoms with Gasteiger partial charge in [-0.3, -0.25) is 14.4 Å². The first-order chi connectivity index (χ1) is 19.3. The van der Waals surface area contributed by atoms with Crippen LogP contribution in [0.3, 0.4) is 0 Å². The van der Waals surface area contributed by atoms with Crippen LogP contribution >= 0.6 is 23.2 Å². The molecule has 0 aliphatic rings. The van der Waals surface area contributed by atoms with E-state index in [1.54, 1.807) is 29.1 Å². The van der Waals surface area contributed by atoms with Crippen molar-refractivity contribution in [3.8, 4) is 11.3 Å². The number of hydrazine groups is 1. The second-order valence-corrected chi connectivity index (χ2v) is 10.2. The molecule has 40 heavy (non-hydrogen) atoms. The summed E-state index contributed by atoms with van der Waals surface area (Å²) in [7, 11) is 1.93. The van der Waals surface area contributed by atoms with Crippen LogP contribution in [0.5, 0.6) is 0 Å². The van der Waals surface area contributed by atoms with Crippen LogP contribution in [0.25, 0.3) is 11.3 Å². The molecule has 0 fully saturated rings. The molecule has 0 spiro atoms. The zero-order valence-electron chi connectivity index (χ0n) is 22.4. The highest BCUT2D eigenvalue weighted by Gasteiger charge is 2.19. The number of hydrogen-bond donors (Lipinski definition) is 5. The first kappa shape index (κ1) is 31.1. The maximum atomic E-state index is 13.6. The molecule has 214 valence electrons. The van der Waals surface area contributed by atoms with E-state index in [9.17, 15) is 9.59 Å². The lowest BCUT2D eigenvalue weighted by molar-refractivity contribution is -0.108. The number of aldehydes is 1. The highest BCUT2D eigenvalue weighted by atomic mass is 35.5. The summed E-state index contributed by atoms with van der Waals surface area (Å²) in [5.41, 5.74) is 14.1. The Bertz CT molecular complexity index is 1360. The number of hydrogen-bond acceptors (Lipinski definition) is 9. The van der Waals surface area contributed by atoms with E-state index < -0.39 is 6.04 Å². The summed E-state index contributed by atoms with van der Waals surface area (Å²) in [6, 6.07) is 13.4. The van der Waals surface area contributed by atoms with Crippen molar-refractivity contribution in [2.45, 2.75) is 37.8 Å². The van der Waals surface area contributed by atoms with Crippen LogP contribution in [-0.2, 0) is 4.79 Å². The van der Waals surface area contributed by atoms with Crippen LogP contribution < -0.4 is 38.5 Å². The number of carbonyl (C=O) groups is 1. The van der Waals surface area contributed by atoms with Crippen molar-refractivity contribution in [3.05, 3.63) is 87.2 Å². The molecule has 0 saturated heterocycles. The van der Waals surface area contributed by atoms with E-state index >= 15 is 0 Å². The Kier molecular flexibility index (Phi) is 12.0. The zero-order valence-corrected chi connectivity index (χ0v) is 23.9. The van der Waals surface area contributed by atoms with E-state index in [0.29, 0.717) is 22.0 Å². The third-order valence-electron chi connectivity index (χ3n) is 6.39. The third kappa shape index (κ3) is 8.54. The normalized spacial score (nSPS) is 13.1. The second-order valence-electron chi connectivity index (χ2n) is 9.32. The van der Waals surface area contributed by atoms with Gasteiger partial charge in [0.1, 0.15) is 11.4 Å². The fourth-order valence-corrected chi connectivity index (χ4v) is 4.69. The molecule has 10 nitrogen and oxygen atoms in total. The predicted octanol–water partition coefficient (Wildman–Crippen LogP) is 3.55. The van der Waals surface area contributed by atoms with Crippen LogP contribution in [0.4, 0.5) is 11.4 Å². The minimum atomic E-state index is -0.503. The molecular weight excluding hydrogens is 551 g/mol. The molecule has 12 heteroatoms. The van der Waals surface area contributed by atoms with Crippen molar-refractivity contribution in [2.75, 3.05) is 30.5 Å². The van der Waals surface area contributed by atoms with Crippen molar-refractivity contribution in [1.82, 2.24) is 14.9 Å². The average Bonchev–Trinajstić information content (AvgIpc) is 2.93. The summed E-state index contributed by atoms with van der Waals surface area (Å²) in [5, 5.41) is 7.99. The van der Waals surface area contributed by atoms with Crippen LogP contribution in [0.2, 0.25) is 5.02 Å². The molecule has 0 radical (unpaired) electrons. The average molecular weight is 588 g/mol. The van der Waals surface area contributed by atoms with E-state index in [1.165, 1.54) is 17.3 Å². The number of carbonyl (C=O) groups excluding carboxylic acids is 1. The molecule has 1 heterocycles. The Labute approximate surface area is 244 Å². The van der Waals surface area contributed by atoms with Gasteiger partial charge in [0, 0.05) is 28.9 Å². The largest absolute Gasteiger partial charge is 0.388 e. The highest BCUT2D eigenvalue weighted by Crippen LogP contribution is 2.32. The van der Waals surface area contributed by atoms with Gasteiger partial charge < -0.3 is 26.9 Å². The van der Waals surface area contributed by atoms with Crippen molar-refractivity contribution in [1.29, 1.82) is 0 Å². The molecule has 0 aliphatic heterocycles. The van der Waals surface area contributed by atoms with Gasteiger partial charge in [0.05, 0.1) is 36.0 Å². The number of nitrogens with zero attached hydrogens (tertiary/aromatic N) is 3. The fourth-order valence-electron chi connectivity index (χ4n) is 4.41. The highest BCUT2D eigenvalue weighted by molar-refractivity contribution is 6.31. The molecule has 3 rings (SSSR count). The molecule has 1 aromatic heterocycles. The molecule has 8 N–H and O–H groups in total. The number of benzene rings is 2. The Morgan fingerprint density at radius 1 is 1.18 bits per heavy atom. The molecule has 0 bridgehead atoms. The van der Waals surface area contributed by atoms with Crippen LogP contribution in [-0.4, -0.2) is 42.0 Å². The van der Waals surface area contributed by atoms with Gasteiger partial charge in [-0.25, -0.2) is 10.8 Å². The van der Waals surface area contributed by atoms with E-state index in [2.05, 4.69) is 15.6 Å². The van der Waals surface area contributed by atoms with Crippen molar-refractivity contribution in [3.63, 3.8) is 0 Å². The summed E-state index contributed by atoms with van der Waals surface area (Å²) in [6.45, 7) is 1.10. The van der Waals surface area contributed by atoms with Gasteiger partial charge in [-0.05, 0) is 62.3 Å². The van der Waals surface area contributed by atoms with Crippen molar-refractivity contribution >= 4 is 40.9 Å². The van der Waals surface area contributed by atoms with Crippen molar-refractivity contribution in [2.24, 2.45) is 17.3 Å². The Hall–Kier alpha value is -3.41. The number of nitrogens with two attached hydrogens (primary N) is 3. The maximum Gasteiger partial charge on any atom is 0.254 e. The molecule has 0 amide bonds. The SMILES string of the molecule is CNCCCCCC(c1cccc(NC(C=O)CN)c1)n1cnc(-c2cc(Cl)ccc2N(N)/C=C(\N)Cl)cc1=O. The number of aromatic nitrogens is 2. The molecule has 2 atom stereocenters. The monoisotopic (exact) mass is 586 g/mol. The smallest absolute Gasteiger partial charge is 0.254 e. The van der Waals surface area contributed by atoms with Gasteiger partial charge in [-0.2, -0.15) is 0 Å². The molecule has 0 saturated carbocycles. The summed E-state index contributed by atoms with van der Waals surface area (Å²) < 4.78 is 1.63. The van der Waals surface area contributed by atoms with Crippen LogP contribution in [0.1, 0.15) is 37.3 Å². The number of rotatable bonds is 15. The lowest BCUT2D eigenvalue weighted by Crippen LogP contribution is -2.30. The standard InChI is InChI=1S/C28H36Cl2N8O2/c1-34-11-4-2-3-8-25(19-6-5-7-21(12-19)36-22(15-31)17-39)37-18-35-24(14-28(37)40)23-13-20(29)9-10-26(23)38(33)16-27(30)32/h5-7,9-10,12-14,16-18,22,25,34,36H,2-4,8,11,15,31-33H2,1H3/b27-16-. The van der Waals surface area contributed by atoms with Crippen molar-refractivity contribution < 1.29 is 4.79 Å². The van der Waals surface area contributed by atoms with E-state index in [-0.39, 0.29) is 23.3 Å². The van der Waals surface area contributed by atoms with Crippen LogP contribution in [0.15, 0.2) is 71.0 Å². The topological polar surface area (TPSA) is 157 Å². The zero-order chi connectivity index (χ0) is 29.1.